The van der Waals surface area contributed by atoms with Crippen molar-refractivity contribution in [2.45, 2.75) is 26.2 Å². The smallest absolute Gasteiger partial charge is 0.151 e. The minimum absolute atomic E-state index is 0.184. The Bertz CT molecular complexity index is 305. The van der Waals surface area contributed by atoms with Crippen LogP contribution in [0.3, 0.4) is 0 Å². The minimum atomic E-state index is -2.86. The number of aldehydes is 1. The lowest BCUT2D eigenvalue weighted by atomic mass is 9.99. The second-order valence-electron chi connectivity index (χ2n) is 4.47. The van der Waals surface area contributed by atoms with Crippen LogP contribution in [-0.4, -0.2) is 50.7 Å². The first kappa shape index (κ1) is 13.6. The van der Waals surface area contributed by atoms with Crippen molar-refractivity contribution in [2.75, 3.05) is 31.1 Å². The molecule has 0 aromatic carbocycles. The fourth-order valence-corrected chi connectivity index (χ4v) is 3.36. The van der Waals surface area contributed by atoms with Crippen LogP contribution in [0.1, 0.15) is 26.2 Å². The van der Waals surface area contributed by atoms with E-state index < -0.39 is 9.84 Å². The maximum absolute atomic E-state index is 11.5. The first-order valence-corrected chi connectivity index (χ1v) is 7.77. The predicted octanol–water partition coefficient (Wildman–Crippen LogP) is 0.722. The zero-order valence-corrected chi connectivity index (χ0v) is 10.7. The SMILES string of the molecule is CCCS(=O)(=O)CCN1CCC(C=O)CC1. The summed E-state index contributed by atoms with van der Waals surface area (Å²) >= 11 is 0. The van der Waals surface area contributed by atoms with E-state index in [1.807, 2.05) is 6.92 Å². The van der Waals surface area contributed by atoms with E-state index in [0.29, 0.717) is 13.0 Å². The number of hydrogen-bond donors (Lipinski definition) is 0. The zero-order chi connectivity index (χ0) is 12.0. The highest BCUT2D eigenvalue weighted by molar-refractivity contribution is 7.91. The van der Waals surface area contributed by atoms with Crippen molar-refractivity contribution < 1.29 is 13.2 Å². The van der Waals surface area contributed by atoms with Crippen molar-refractivity contribution in [1.82, 2.24) is 4.90 Å². The molecule has 16 heavy (non-hydrogen) atoms. The lowest BCUT2D eigenvalue weighted by Gasteiger charge is -2.29. The van der Waals surface area contributed by atoms with Crippen molar-refractivity contribution in [3.63, 3.8) is 0 Å². The summed E-state index contributed by atoms with van der Waals surface area (Å²) in [5.74, 6) is 0.730. The molecule has 0 aliphatic carbocycles. The molecule has 1 aliphatic rings. The molecule has 1 saturated heterocycles. The van der Waals surface area contributed by atoms with Gasteiger partial charge in [-0.25, -0.2) is 8.42 Å². The van der Waals surface area contributed by atoms with Crippen LogP contribution in [0.4, 0.5) is 0 Å². The number of likely N-dealkylation sites (tertiary alicyclic amines) is 1. The molecule has 0 aromatic rings. The molecule has 94 valence electrons. The Labute approximate surface area is 97.9 Å². The summed E-state index contributed by atoms with van der Waals surface area (Å²) in [5.41, 5.74) is 0. The highest BCUT2D eigenvalue weighted by Crippen LogP contribution is 2.14. The summed E-state index contributed by atoms with van der Waals surface area (Å²) in [6, 6.07) is 0. The normalized spacial score (nSPS) is 19.8. The summed E-state index contributed by atoms with van der Waals surface area (Å²) in [5, 5.41) is 0. The quantitative estimate of drug-likeness (QED) is 0.649. The van der Waals surface area contributed by atoms with Crippen LogP contribution in [0.15, 0.2) is 0 Å². The Kier molecular flexibility index (Phi) is 5.41. The van der Waals surface area contributed by atoms with Gasteiger partial charge in [-0.05, 0) is 32.4 Å². The van der Waals surface area contributed by atoms with Crippen LogP contribution >= 0.6 is 0 Å². The molecule has 0 radical (unpaired) electrons. The van der Waals surface area contributed by atoms with E-state index in [-0.39, 0.29) is 17.4 Å². The Morgan fingerprint density at radius 2 is 1.88 bits per heavy atom. The van der Waals surface area contributed by atoms with Gasteiger partial charge in [0.05, 0.1) is 5.75 Å². The number of nitrogens with zero attached hydrogens (tertiary/aromatic N) is 1. The van der Waals surface area contributed by atoms with E-state index in [4.69, 9.17) is 0 Å². The molecule has 1 rings (SSSR count). The molecule has 0 spiro atoms. The van der Waals surface area contributed by atoms with Gasteiger partial charge in [0.15, 0.2) is 9.84 Å². The van der Waals surface area contributed by atoms with Gasteiger partial charge in [-0.15, -0.1) is 0 Å². The molecule has 1 aliphatic heterocycles. The third-order valence-corrected chi connectivity index (χ3v) is 4.89. The second-order valence-corrected chi connectivity index (χ2v) is 6.77. The lowest BCUT2D eigenvalue weighted by molar-refractivity contribution is -0.112. The van der Waals surface area contributed by atoms with Crippen LogP contribution in [0, 0.1) is 5.92 Å². The Morgan fingerprint density at radius 3 is 2.38 bits per heavy atom. The molecule has 0 bridgehead atoms. The van der Waals surface area contributed by atoms with Gasteiger partial charge in [0, 0.05) is 18.2 Å². The maximum atomic E-state index is 11.5. The van der Waals surface area contributed by atoms with E-state index in [0.717, 1.165) is 32.2 Å². The highest BCUT2D eigenvalue weighted by Gasteiger charge is 2.19. The molecule has 0 unspecified atom stereocenters. The number of carbonyl (C=O) groups excluding carboxylic acids is 1. The van der Waals surface area contributed by atoms with Crippen molar-refractivity contribution in [3.05, 3.63) is 0 Å². The van der Waals surface area contributed by atoms with Gasteiger partial charge >= 0.3 is 0 Å². The number of piperidine rings is 1. The largest absolute Gasteiger partial charge is 0.303 e. The molecule has 0 amide bonds. The molecule has 0 N–H and O–H groups in total. The van der Waals surface area contributed by atoms with E-state index in [1.165, 1.54) is 0 Å². The average Bonchev–Trinajstić information content (AvgIpc) is 2.27. The van der Waals surface area contributed by atoms with Gasteiger partial charge < -0.3 is 9.69 Å². The molecule has 5 heteroatoms. The standard InChI is InChI=1S/C11H21NO3S/c1-2-8-16(14,15)9-7-12-5-3-11(10-13)4-6-12/h10-11H,2-9H2,1H3. The third kappa shape index (κ3) is 4.61. The molecule has 1 fully saturated rings. The van der Waals surface area contributed by atoms with Gasteiger partial charge in [0.25, 0.3) is 0 Å². The van der Waals surface area contributed by atoms with E-state index in [2.05, 4.69) is 4.90 Å². The van der Waals surface area contributed by atoms with Crippen LogP contribution in [0.5, 0.6) is 0 Å². The van der Waals surface area contributed by atoms with Gasteiger partial charge in [-0.2, -0.15) is 0 Å². The number of carbonyl (C=O) groups is 1. The van der Waals surface area contributed by atoms with Crippen LogP contribution in [0.2, 0.25) is 0 Å². The van der Waals surface area contributed by atoms with Crippen LogP contribution < -0.4 is 0 Å². The fourth-order valence-electron chi connectivity index (χ4n) is 1.99. The van der Waals surface area contributed by atoms with Crippen molar-refractivity contribution in [2.24, 2.45) is 5.92 Å². The number of sulfone groups is 1. The summed E-state index contributed by atoms with van der Waals surface area (Å²) in [7, 11) is -2.86. The summed E-state index contributed by atoms with van der Waals surface area (Å²) in [6.45, 7) is 4.21. The van der Waals surface area contributed by atoms with E-state index >= 15 is 0 Å². The Balaban J connectivity index is 2.27. The first-order valence-electron chi connectivity index (χ1n) is 5.95. The highest BCUT2D eigenvalue weighted by atomic mass is 32.2. The Hall–Kier alpha value is -0.420. The number of rotatable bonds is 6. The van der Waals surface area contributed by atoms with Crippen molar-refractivity contribution >= 4 is 16.1 Å². The van der Waals surface area contributed by atoms with E-state index in [1.54, 1.807) is 0 Å². The summed E-state index contributed by atoms with van der Waals surface area (Å²) < 4.78 is 23.0. The molecule has 0 atom stereocenters. The topological polar surface area (TPSA) is 54.5 Å². The molecule has 0 aromatic heterocycles. The van der Waals surface area contributed by atoms with Crippen LogP contribution in [0.25, 0.3) is 0 Å². The molecule has 1 heterocycles. The van der Waals surface area contributed by atoms with E-state index in [9.17, 15) is 13.2 Å². The molecule has 0 saturated carbocycles. The first-order chi connectivity index (χ1) is 7.57. The second kappa shape index (κ2) is 6.35. The van der Waals surface area contributed by atoms with Crippen molar-refractivity contribution in [3.8, 4) is 0 Å². The van der Waals surface area contributed by atoms with Crippen molar-refractivity contribution in [1.29, 1.82) is 0 Å². The summed E-state index contributed by atoms with van der Waals surface area (Å²) in [6.07, 6.45) is 3.45. The monoisotopic (exact) mass is 247 g/mol. The Morgan fingerprint density at radius 1 is 1.25 bits per heavy atom. The zero-order valence-electron chi connectivity index (χ0n) is 9.89. The van der Waals surface area contributed by atoms with Gasteiger partial charge in [0.2, 0.25) is 0 Å². The maximum Gasteiger partial charge on any atom is 0.151 e. The van der Waals surface area contributed by atoms with Gasteiger partial charge in [0.1, 0.15) is 6.29 Å². The van der Waals surface area contributed by atoms with Gasteiger partial charge in [-0.3, -0.25) is 0 Å². The predicted molar refractivity (Wildman–Crippen MR) is 64.2 cm³/mol. The molecular formula is C11H21NO3S. The third-order valence-electron chi connectivity index (χ3n) is 3.06. The molecular weight excluding hydrogens is 226 g/mol. The number of hydrogen-bond acceptors (Lipinski definition) is 4. The lowest BCUT2D eigenvalue weighted by Crippen LogP contribution is -2.37. The molecule has 4 nitrogen and oxygen atoms in total. The van der Waals surface area contributed by atoms with Crippen LogP contribution in [-0.2, 0) is 14.6 Å². The average molecular weight is 247 g/mol. The minimum Gasteiger partial charge on any atom is -0.303 e. The van der Waals surface area contributed by atoms with Gasteiger partial charge in [-0.1, -0.05) is 6.92 Å². The summed E-state index contributed by atoms with van der Waals surface area (Å²) in [4.78, 5) is 12.7. The fraction of sp³-hybridized carbons (Fsp3) is 0.909.